The molecular formula is C9H12F3N5O3S. The van der Waals surface area contributed by atoms with Crippen molar-refractivity contribution in [3.8, 4) is 0 Å². The summed E-state index contributed by atoms with van der Waals surface area (Å²) >= 11 is -0.225. The van der Waals surface area contributed by atoms with E-state index in [-0.39, 0.29) is 37.1 Å². The first-order valence-electron chi connectivity index (χ1n) is 5.59. The second-order valence-electron chi connectivity index (χ2n) is 3.70. The minimum Gasteiger partial charge on any atom is -0.480 e. The van der Waals surface area contributed by atoms with Gasteiger partial charge in [-0.1, -0.05) is 5.21 Å². The highest BCUT2D eigenvalue weighted by Crippen LogP contribution is 2.29. The molecule has 1 rings (SSSR count). The van der Waals surface area contributed by atoms with Gasteiger partial charge >= 0.3 is 17.5 Å². The van der Waals surface area contributed by atoms with Gasteiger partial charge in [0.25, 0.3) is 0 Å². The predicted molar refractivity (Wildman–Crippen MR) is 66.4 cm³/mol. The van der Waals surface area contributed by atoms with Crippen molar-refractivity contribution >= 4 is 23.8 Å². The Balaban J connectivity index is 2.21. The highest BCUT2D eigenvalue weighted by molar-refractivity contribution is 8.00. The van der Waals surface area contributed by atoms with Crippen LogP contribution < -0.4 is 10.6 Å². The number of carboxylic acid groups (broad SMARTS) is 1. The third-order valence-corrected chi connectivity index (χ3v) is 2.70. The molecule has 0 fully saturated rings. The minimum atomic E-state index is -4.32. The molecule has 1 aromatic heterocycles. The lowest BCUT2D eigenvalue weighted by atomic mass is 10.5. The summed E-state index contributed by atoms with van der Waals surface area (Å²) in [6, 6.07) is -0.648. The maximum absolute atomic E-state index is 11.8. The van der Waals surface area contributed by atoms with Crippen molar-refractivity contribution in [1.82, 2.24) is 25.6 Å². The van der Waals surface area contributed by atoms with Crippen LogP contribution in [0, 0.1) is 0 Å². The van der Waals surface area contributed by atoms with Crippen LogP contribution in [0.2, 0.25) is 0 Å². The first-order valence-corrected chi connectivity index (χ1v) is 6.58. The molecule has 0 aliphatic carbocycles. The number of amides is 2. The fourth-order valence-corrected chi connectivity index (χ4v) is 1.64. The van der Waals surface area contributed by atoms with Crippen LogP contribution in [0.5, 0.6) is 0 Å². The van der Waals surface area contributed by atoms with Gasteiger partial charge in [0, 0.05) is 12.3 Å². The van der Waals surface area contributed by atoms with Crippen molar-refractivity contribution in [3.05, 3.63) is 11.9 Å². The van der Waals surface area contributed by atoms with Gasteiger partial charge in [-0.25, -0.2) is 9.48 Å². The number of rotatable bonds is 7. The average molecular weight is 327 g/mol. The number of carboxylic acids is 1. The lowest BCUT2D eigenvalue weighted by Crippen LogP contribution is -2.36. The van der Waals surface area contributed by atoms with Gasteiger partial charge in [-0.3, -0.25) is 4.79 Å². The van der Waals surface area contributed by atoms with Crippen LogP contribution >= 0.6 is 11.8 Å². The smallest absolute Gasteiger partial charge is 0.441 e. The van der Waals surface area contributed by atoms with Crippen molar-refractivity contribution in [2.45, 2.75) is 18.6 Å². The van der Waals surface area contributed by atoms with E-state index >= 15 is 0 Å². The van der Waals surface area contributed by atoms with Crippen LogP contribution in [0.25, 0.3) is 0 Å². The fourth-order valence-electron chi connectivity index (χ4n) is 1.20. The van der Waals surface area contributed by atoms with E-state index in [1.807, 2.05) is 0 Å². The number of aliphatic carboxylic acids is 1. The van der Waals surface area contributed by atoms with Gasteiger partial charge in [-0.2, -0.15) is 13.2 Å². The van der Waals surface area contributed by atoms with Crippen LogP contribution in [0.15, 0.2) is 6.20 Å². The number of nitrogens with one attached hydrogen (secondary N) is 2. The minimum absolute atomic E-state index is 0.0160. The standard InChI is InChI=1S/C9H12F3N5O3S/c10-9(11,12)21-2-1-13-8(20)14-3-6-4-17(16-15-6)5-7(18)19/h4H,1-3,5H2,(H,18,19)(H2,13,14,20). The van der Waals surface area contributed by atoms with Crippen molar-refractivity contribution in [3.63, 3.8) is 0 Å². The first kappa shape index (κ1) is 17.1. The molecule has 0 saturated heterocycles. The second-order valence-corrected chi connectivity index (χ2v) is 4.86. The highest BCUT2D eigenvalue weighted by atomic mass is 32.2. The van der Waals surface area contributed by atoms with Gasteiger partial charge in [0.15, 0.2) is 0 Å². The number of carbonyl (C=O) groups excluding carboxylic acids is 1. The second kappa shape index (κ2) is 7.71. The molecule has 1 heterocycles. The van der Waals surface area contributed by atoms with E-state index in [9.17, 15) is 22.8 Å². The lowest BCUT2D eigenvalue weighted by molar-refractivity contribution is -0.137. The Morgan fingerprint density at radius 2 is 2.10 bits per heavy atom. The molecule has 0 saturated carbocycles. The largest absolute Gasteiger partial charge is 0.480 e. The number of hydrogen-bond acceptors (Lipinski definition) is 5. The Bertz CT molecular complexity index is 493. The molecule has 118 valence electrons. The Kier molecular flexibility index (Phi) is 6.27. The topological polar surface area (TPSA) is 109 Å². The molecule has 12 heteroatoms. The summed E-state index contributed by atoms with van der Waals surface area (Å²) in [7, 11) is 0. The Hall–Kier alpha value is -1.98. The maximum atomic E-state index is 11.8. The average Bonchev–Trinajstić information content (AvgIpc) is 2.78. The van der Waals surface area contributed by atoms with E-state index in [1.165, 1.54) is 6.20 Å². The molecule has 0 aliphatic rings. The predicted octanol–water partition coefficient (Wildman–Crippen LogP) is 0.415. The van der Waals surface area contributed by atoms with Gasteiger partial charge in [0.1, 0.15) is 12.2 Å². The summed E-state index contributed by atoms with van der Waals surface area (Å²) in [5.41, 5.74) is -3.99. The normalized spacial score (nSPS) is 11.2. The van der Waals surface area contributed by atoms with Gasteiger partial charge in [0.05, 0.1) is 12.7 Å². The SMILES string of the molecule is O=C(O)Cn1cc(CNC(=O)NCCSC(F)(F)F)nn1. The van der Waals surface area contributed by atoms with Crippen LogP contribution in [0.3, 0.4) is 0 Å². The van der Waals surface area contributed by atoms with Crippen molar-refractivity contribution in [2.24, 2.45) is 0 Å². The molecule has 0 bridgehead atoms. The van der Waals surface area contributed by atoms with E-state index in [0.29, 0.717) is 5.69 Å². The van der Waals surface area contributed by atoms with Gasteiger partial charge in [0.2, 0.25) is 0 Å². The monoisotopic (exact) mass is 327 g/mol. The lowest BCUT2D eigenvalue weighted by Gasteiger charge is -2.07. The summed E-state index contributed by atoms with van der Waals surface area (Å²) < 4.78 is 36.5. The van der Waals surface area contributed by atoms with E-state index in [4.69, 9.17) is 5.11 Å². The molecule has 0 aliphatic heterocycles. The zero-order chi connectivity index (χ0) is 15.9. The molecule has 0 spiro atoms. The fraction of sp³-hybridized carbons (Fsp3) is 0.556. The number of halogens is 3. The van der Waals surface area contributed by atoms with E-state index in [1.54, 1.807) is 0 Å². The number of nitrogens with zero attached hydrogens (tertiary/aromatic N) is 3. The van der Waals surface area contributed by atoms with Crippen LogP contribution in [0.4, 0.5) is 18.0 Å². The van der Waals surface area contributed by atoms with Gasteiger partial charge in [-0.05, 0) is 11.8 Å². The number of alkyl halides is 3. The van der Waals surface area contributed by atoms with Gasteiger partial charge < -0.3 is 15.7 Å². The van der Waals surface area contributed by atoms with E-state index in [2.05, 4.69) is 20.9 Å². The van der Waals surface area contributed by atoms with Crippen molar-refractivity contribution < 1.29 is 27.9 Å². The van der Waals surface area contributed by atoms with Crippen molar-refractivity contribution in [2.75, 3.05) is 12.3 Å². The summed E-state index contributed by atoms with van der Waals surface area (Å²) in [4.78, 5) is 21.7. The number of urea groups is 1. The molecular weight excluding hydrogens is 315 g/mol. The number of aromatic nitrogens is 3. The zero-order valence-electron chi connectivity index (χ0n) is 10.6. The highest BCUT2D eigenvalue weighted by Gasteiger charge is 2.27. The maximum Gasteiger partial charge on any atom is 0.441 e. The Morgan fingerprint density at radius 1 is 1.38 bits per heavy atom. The Morgan fingerprint density at radius 3 is 2.71 bits per heavy atom. The number of carbonyl (C=O) groups is 2. The molecule has 0 atom stereocenters. The van der Waals surface area contributed by atoms with Crippen LogP contribution in [-0.4, -0.2) is 49.9 Å². The van der Waals surface area contributed by atoms with Crippen molar-refractivity contribution in [1.29, 1.82) is 0 Å². The first-order chi connectivity index (χ1) is 9.76. The van der Waals surface area contributed by atoms with Crippen LogP contribution in [0.1, 0.15) is 5.69 Å². The summed E-state index contributed by atoms with van der Waals surface area (Å²) in [5.74, 6) is -1.37. The number of thioether (sulfide) groups is 1. The molecule has 3 N–H and O–H groups in total. The summed E-state index contributed by atoms with van der Waals surface area (Å²) in [6.45, 7) is -0.507. The van der Waals surface area contributed by atoms with E-state index in [0.717, 1.165) is 4.68 Å². The molecule has 0 unspecified atom stereocenters. The molecule has 21 heavy (non-hydrogen) atoms. The molecule has 1 aromatic rings. The molecule has 0 radical (unpaired) electrons. The van der Waals surface area contributed by atoms with E-state index < -0.39 is 17.5 Å². The summed E-state index contributed by atoms with van der Waals surface area (Å²) in [6.07, 6.45) is 1.34. The quantitative estimate of drug-likeness (QED) is 0.626. The third-order valence-electron chi connectivity index (χ3n) is 1.97. The van der Waals surface area contributed by atoms with Crippen LogP contribution in [-0.2, 0) is 17.9 Å². The van der Waals surface area contributed by atoms with Gasteiger partial charge in [-0.15, -0.1) is 5.10 Å². The number of hydrogen-bond donors (Lipinski definition) is 3. The third kappa shape index (κ3) is 8.02. The summed E-state index contributed by atoms with van der Waals surface area (Å²) in [5, 5.41) is 20.3. The Labute approximate surface area is 121 Å². The molecule has 0 aromatic carbocycles. The zero-order valence-corrected chi connectivity index (χ0v) is 11.4. The molecule has 2 amide bonds. The molecule has 8 nitrogen and oxygen atoms in total.